The van der Waals surface area contributed by atoms with Crippen LogP contribution in [0.2, 0.25) is 0 Å². The Morgan fingerprint density at radius 3 is 2.06 bits per heavy atom. The molecular weight excluding hydrogens is 196 g/mol. The van der Waals surface area contributed by atoms with Crippen LogP contribution in [0.4, 0.5) is 0 Å². The molecule has 1 atom stereocenters. The summed E-state index contributed by atoms with van der Waals surface area (Å²) in [5, 5.41) is 3.51. The highest BCUT2D eigenvalue weighted by molar-refractivity contribution is 4.89. The van der Waals surface area contributed by atoms with Gasteiger partial charge in [0.1, 0.15) is 0 Å². The molecule has 2 saturated heterocycles. The maximum absolute atomic E-state index is 3.51. The molecule has 1 N–H and O–H groups in total. The molecule has 1 spiro atoms. The van der Waals surface area contributed by atoms with Crippen molar-refractivity contribution in [1.29, 1.82) is 0 Å². The third kappa shape index (κ3) is 4.42. The molecule has 0 radical (unpaired) electrons. The molecule has 2 nitrogen and oxygen atoms in total. The first-order valence-corrected chi connectivity index (χ1v) is 7.15. The Morgan fingerprint density at radius 2 is 1.62 bits per heavy atom. The highest BCUT2D eigenvalue weighted by Gasteiger charge is 2.42. The van der Waals surface area contributed by atoms with Crippen molar-refractivity contribution in [2.75, 3.05) is 40.3 Å². The van der Waals surface area contributed by atoms with Gasteiger partial charge < -0.3 is 9.80 Å². The Balaban J connectivity index is 0.000000509. The fraction of sp³-hybridized carbons (Fsp3) is 1.00. The molecule has 0 bridgehead atoms. The van der Waals surface area contributed by atoms with Crippen LogP contribution >= 0.6 is 0 Å². The van der Waals surface area contributed by atoms with Crippen molar-refractivity contribution in [1.82, 2.24) is 5.32 Å². The van der Waals surface area contributed by atoms with Gasteiger partial charge in [-0.05, 0) is 25.8 Å². The summed E-state index contributed by atoms with van der Waals surface area (Å²) in [5.74, 6) is 0. The van der Waals surface area contributed by atoms with E-state index in [-0.39, 0.29) is 0 Å². The van der Waals surface area contributed by atoms with E-state index in [2.05, 4.69) is 19.4 Å². The second-order valence-electron chi connectivity index (χ2n) is 5.35. The summed E-state index contributed by atoms with van der Waals surface area (Å²) in [6.45, 7) is 13.3. The van der Waals surface area contributed by atoms with Gasteiger partial charge in [0.2, 0.25) is 0 Å². The number of piperidine rings is 1. The Bertz CT molecular complexity index is 170. The van der Waals surface area contributed by atoms with E-state index in [1.54, 1.807) is 0 Å². The van der Waals surface area contributed by atoms with Crippen LogP contribution in [0.1, 0.15) is 47.0 Å². The summed E-state index contributed by atoms with van der Waals surface area (Å²) < 4.78 is 1.24. The van der Waals surface area contributed by atoms with E-state index in [9.17, 15) is 0 Å². The number of rotatable bonds is 0. The SMILES string of the molecule is CC.CC.C[N+]1(C)CCCC2(CCNC2)C1. The van der Waals surface area contributed by atoms with Crippen molar-refractivity contribution < 1.29 is 4.48 Å². The van der Waals surface area contributed by atoms with Crippen LogP contribution in [0.3, 0.4) is 0 Å². The van der Waals surface area contributed by atoms with Gasteiger partial charge in [-0.15, -0.1) is 0 Å². The highest BCUT2D eigenvalue weighted by atomic mass is 15.3. The predicted molar refractivity (Wildman–Crippen MR) is 73.7 cm³/mol. The summed E-state index contributed by atoms with van der Waals surface area (Å²) in [4.78, 5) is 0. The molecule has 0 amide bonds. The Kier molecular flexibility index (Phi) is 7.25. The van der Waals surface area contributed by atoms with E-state index < -0.39 is 0 Å². The lowest BCUT2D eigenvalue weighted by Gasteiger charge is -2.43. The predicted octanol–water partition coefficient (Wildman–Crippen LogP) is 2.89. The molecule has 2 rings (SSSR count). The number of hydrogen-bond donors (Lipinski definition) is 1. The van der Waals surface area contributed by atoms with Gasteiger partial charge in [0.15, 0.2) is 0 Å². The summed E-state index contributed by atoms with van der Waals surface area (Å²) >= 11 is 0. The van der Waals surface area contributed by atoms with E-state index in [1.165, 1.54) is 49.9 Å². The van der Waals surface area contributed by atoms with Crippen molar-refractivity contribution in [2.24, 2.45) is 5.41 Å². The van der Waals surface area contributed by atoms with Gasteiger partial charge in [0.25, 0.3) is 0 Å². The van der Waals surface area contributed by atoms with E-state index in [0.29, 0.717) is 5.41 Å². The van der Waals surface area contributed by atoms with Crippen molar-refractivity contribution in [3.8, 4) is 0 Å². The summed E-state index contributed by atoms with van der Waals surface area (Å²) in [5.41, 5.74) is 0.668. The van der Waals surface area contributed by atoms with E-state index in [4.69, 9.17) is 0 Å². The molecule has 0 aromatic heterocycles. The van der Waals surface area contributed by atoms with E-state index in [0.717, 1.165) is 0 Å². The van der Waals surface area contributed by atoms with Crippen LogP contribution in [0, 0.1) is 5.41 Å². The zero-order valence-electron chi connectivity index (χ0n) is 12.4. The van der Waals surface area contributed by atoms with Crippen LogP contribution in [0.25, 0.3) is 0 Å². The van der Waals surface area contributed by atoms with Gasteiger partial charge in [0, 0.05) is 12.0 Å². The number of quaternary nitrogens is 1. The largest absolute Gasteiger partial charge is 0.328 e. The molecule has 2 aliphatic rings. The second-order valence-corrected chi connectivity index (χ2v) is 5.35. The van der Waals surface area contributed by atoms with Crippen molar-refractivity contribution in [3.63, 3.8) is 0 Å². The zero-order chi connectivity index (χ0) is 12.7. The van der Waals surface area contributed by atoms with Crippen molar-refractivity contribution in [3.05, 3.63) is 0 Å². The van der Waals surface area contributed by atoms with Gasteiger partial charge in [-0.2, -0.15) is 0 Å². The van der Waals surface area contributed by atoms with Crippen LogP contribution in [0.5, 0.6) is 0 Å². The van der Waals surface area contributed by atoms with Gasteiger partial charge in [-0.1, -0.05) is 27.7 Å². The van der Waals surface area contributed by atoms with Crippen LogP contribution in [-0.2, 0) is 0 Å². The van der Waals surface area contributed by atoms with Gasteiger partial charge in [0.05, 0.1) is 27.2 Å². The number of nitrogens with zero attached hydrogens (tertiary/aromatic N) is 1. The molecule has 0 aliphatic carbocycles. The molecule has 2 fully saturated rings. The third-order valence-corrected chi connectivity index (χ3v) is 3.57. The van der Waals surface area contributed by atoms with Crippen molar-refractivity contribution >= 4 is 0 Å². The minimum atomic E-state index is 0.668. The first kappa shape index (κ1) is 15.9. The van der Waals surface area contributed by atoms with Gasteiger partial charge in [-0.3, -0.25) is 0 Å². The molecule has 2 heterocycles. The van der Waals surface area contributed by atoms with Gasteiger partial charge in [-0.25, -0.2) is 0 Å². The Labute approximate surface area is 103 Å². The maximum Gasteiger partial charge on any atom is 0.0852 e. The van der Waals surface area contributed by atoms with E-state index in [1.807, 2.05) is 27.7 Å². The molecular formula is C14H33N2+. The number of hydrogen-bond acceptors (Lipinski definition) is 1. The first-order chi connectivity index (χ1) is 7.62. The quantitative estimate of drug-likeness (QED) is 0.630. The molecule has 0 aromatic rings. The standard InChI is InChI=1S/C10H21N2.2C2H6/c1-12(2)7-3-4-10(9-12)5-6-11-8-10;2*1-2/h11H,3-9H2,1-2H3;2*1-2H3/q+1;;. The Morgan fingerprint density at radius 1 is 1.00 bits per heavy atom. The number of nitrogens with one attached hydrogen (secondary N) is 1. The van der Waals surface area contributed by atoms with E-state index >= 15 is 0 Å². The molecule has 0 saturated carbocycles. The molecule has 16 heavy (non-hydrogen) atoms. The van der Waals surface area contributed by atoms with Crippen LogP contribution in [-0.4, -0.2) is 44.8 Å². The molecule has 98 valence electrons. The zero-order valence-corrected chi connectivity index (χ0v) is 12.4. The lowest BCUT2D eigenvalue weighted by Crippen LogP contribution is -2.53. The topological polar surface area (TPSA) is 12.0 Å². The normalized spacial score (nSPS) is 31.1. The summed E-state index contributed by atoms with van der Waals surface area (Å²) in [7, 11) is 4.75. The third-order valence-electron chi connectivity index (χ3n) is 3.57. The molecule has 0 aromatic carbocycles. The Hall–Kier alpha value is -0.0800. The minimum absolute atomic E-state index is 0.668. The summed E-state index contributed by atoms with van der Waals surface area (Å²) in [6.07, 6.45) is 4.30. The lowest BCUT2D eigenvalue weighted by atomic mass is 9.78. The maximum atomic E-state index is 3.51. The van der Waals surface area contributed by atoms with Gasteiger partial charge >= 0.3 is 0 Å². The summed E-state index contributed by atoms with van der Waals surface area (Å²) in [6, 6.07) is 0. The molecule has 1 unspecified atom stereocenters. The highest BCUT2D eigenvalue weighted by Crippen LogP contribution is 2.36. The smallest absolute Gasteiger partial charge is 0.0852 e. The fourth-order valence-corrected chi connectivity index (χ4v) is 3.09. The minimum Gasteiger partial charge on any atom is -0.328 e. The van der Waals surface area contributed by atoms with Crippen LogP contribution in [0.15, 0.2) is 0 Å². The van der Waals surface area contributed by atoms with Crippen molar-refractivity contribution in [2.45, 2.75) is 47.0 Å². The first-order valence-electron chi connectivity index (χ1n) is 7.15. The molecule has 2 heteroatoms. The molecule has 2 aliphatic heterocycles. The van der Waals surface area contributed by atoms with Crippen LogP contribution < -0.4 is 5.32 Å². The average molecular weight is 229 g/mol. The number of likely N-dealkylation sites (tertiary alicyclic amines) is 1. The second kappa shape index (κ2) is 7.29. The fourth-order valence-electron chi connectivity index (χ4n) is 3.09. The monoisotopic (exact) mass is 229 g/mol. The lowest BCUT2D eigenvalue weighted by molar-refractivity contribution is -0.902. The average Bonchev–Trinajstić information content (AvgIpc) is 2.70.